The number of aryl methyl sites for hydroxylation is 1. The van der Waals surface area contributed by atoms with Crippen molar-refractivity contribution < 1.29 is 13.9 Å². The summed E-state index contributed by atoms with van der Waals surface area (Å²) < 4.78 is 18.6. The Bertz CT molecular complexity index is 1130. The molecule has 4 aromatic rings. The number of halogens is 1. The van der Waals surface area contributed by atoms with Gasteiger partial charge < -0.3 is 15.0 Å². The Labute approximate surface area is 160 Å². The predicted molar refractivity (Wildman–Crippen MR) is 101 cm³/mol. The fourth-order valence-electron chi connectivity index (χ4n) is 2.83. The number of H-pyrrole nitrogens is 2. The van der Waals surface area contributed by atoms with Gasteiger partial charge in [0, 0.05) is 6.07 Å². The Balaban J connectivity index is 1.35. The van der Waals surface area contributed by atoms with Gasteiger partial charge in [-0.15, -0.1) is 0 Å². The molecule has 8 heteroatoms. The Morgan fingerprint density at radius 2 is 2.07 bits per heavy atom. The second-order valence-corrected chi connectivity index (χ2v) is 6.36. The van der Waals surface area contributed by atoms with E-state index in [0.717, 1.165) is 16.6 Å². The number of aromatic nitrogens is 4. The number of fused-ring (bicyclic) bond motifs is 1. The number of hydrogen-bond acceptors (Lipinski definition) is 4. The van der Waals surface area contributed by atoms with Crippen molar-refractivity contribution in [1.29, 1.82) is 0 Å². The first-order valence-electron chi connectivity index (χ1n) is 8.73. The average Bonchev–Trinajstić information content (AvgIpc) is 3.32. The fourth-order valence-corrected chi connectivity index (χ4v) is 2.83. The first-order chi connectivity index (χ1) is 13.6. The summed E-state index contributed by atoms with van der Waals surface area (Å²) in [5.41, 5.74) is 3.74. The van der Waals surface area contributed by atoms with Gasteiger partial charge in [0.1, 0.15) is 29.7 Å². The van der Waals surface area contributed by atoms with E-state index in [4.69, 9.17) is 4.74 Å². The maximum absolute atomic E-state index is 13.2. The normalized spacial score (nSPS) is 10.9. The topological polar surface area (TPSA) is 95.7 Å². The molecule has 2 aromatic heterocycles. The van der Waals surface area contributed by atoms with Crippen molar-refractivity contribution in [2.24, 2.45) is 0 Å². The van der Waals surface area contributed by atoms with Gasteiger partial charge in [-0.1, -0.05) is 18.2 Å². The van der Waals surface area contributed by atoms with Crippen molar-refractivity contribution in [2.75, 3.05) is 0 Å². The molecule has 2 aromatic carbocycles. The van der Waals surface area contributed by atoms with E-state index in [1.54, 1.807) is 18.2 Å². The highest BCUT2D eigenvalue weighted by molar-refractivity contribution is 5.92. The van der Waals surface area contributed by atoms with Crippen LogP contribution < -0.4 is 10.1 Å². The van der Waals surface area contributed by atoms with E-state index in [1.165, 1.54) is 12.1 Å². The number of nitrogens with zero attached hydrogens (tertiary/aromatic N) is 2. The third kappa shape index (κ3) is 3.85. The van der Waals surface area contributed by atoms with E-state index in [9.17, 15) is 9.18 Å². The number of ether oxygens (including phenoxy) is 1. The van der Waals surface area contributed by atoms with Crippen molar-refractivity contribution in [1.82, 2.24) is 25.5 Å². The second kappa shape index (κ2) is 7.51. The molecule has 0 bridgehead atoms. The summed E-state index contributed by atoms with van der Waals surface area (Å²) in [6.45, 7) is 2.39. The highest BCUT2D eigenvalue weighted by Crippen LogP contribution is 2.16. The molecule has 0 aliphatic rings. The number of benzene rings is 2. The number of imidazole rings is 1. The number of amides is 1. The maximum atomic E-state index is 13.2. The van der Waals surface area contributed by atoms with Crippen LogP contribution in [0.4, 0.5) is 4.39 Å². The predicted octanol–water partition coefficient (Wildman–Crippen LogP) is 3.24. The number of aromatic amines is 2. The lowest BCUT2D eigenvalue weighted by molar-refractivity contribution is 0.0945. The van der Waals surface area contributed by atoms with Crippen LogP contribution in [0.5, 0.6) is 5.75 Å². The van der Waals surface area contributed by atoms with Crippen molar-refractivity contribution in [2.45, 2.75) is 20.1 Å². The van der Waals surface area contributed by atoms with Crippen LogP contribution in [-0.2, 0) is 13.2 Å². The van der Waals surface area contributed by atoms with Crippen LogP contribution >= 0.6 is 0 Å². The zero-order valence-corrected chi connectivity index (χ0v) is 15.1. The zero-order valence-electron chi connectivity index (χ0n) is 15.1. The average molecular weight is 379 g/mol. The zero-order chi connectivity index (χ0) is 19.5. The molecule has 0 saturated heterocycles. The molecule has 0 fully saturated rings. The number of hydrogen-bond donors (Lipinski definition) is 3. The summed E-state index contributed by atoms with van der Waals surface area (Å²) in [6, 6.07) is 13.3. The standard InChI is InChI=1S/C20H18FN5O2/c1-12-4-2-7-16-19(12)24-18(23-16)10-22-20(27)17-9-14(25-26-17)11-28-15-6-3-5-13(21)8-15/h2-9H,10-11H2,1H3,(H,22,27)(H,23,24)(H,25,26). The maximum Gasteiger partial charge on any atom is 0.272 e. The fraction of sp³-hybridized carbons (Fsp3) is 0.150. The number of carbonyl (C=O) groups excluding carboxylic acids is 1. The summed E-state index contributed by atoms with van der Waals surface area (Å²) in [5.74, 6) is 0.372. The SMILES string of the molecule is Cc1cccc2[nH]c(CNC(=O)c3cc(COc4cccc(F)c4)[nH]n3)nc12. The van der Waals surface area contributed by atoms with E-state index in [1.807, 2.05) is 25.1 Å². The van der Waals surface area contributed by atoms with Crippen LogP contribution in [-0.4, -0.2) is 26.1 Å². The third-order valence-electron chi connectivity index (χ3n) is 4.23. The van der Waals surface area contributed by atoms with Gasteiger partial charge in [-0.2, -0.15) is 5.10 Å². The van der Waals surface area contributed by atoms with E-state index in [-0.39, 0.29) is 30.6 Å². The summed E-state index contributed by atoms with van der Waals surface area (Å²) in [5, 5.41) is 9.52. The van der Waals surface area contributed by atoms with Crippen molar-refractivity contribution in [3.8, 4) is 5.75 Å². The summed E-state index contributed by atoms with van der Waals surface area (Å²) >= 11 is 0. The van der Waals surface area contributed by atoms with Crippen molar-refractivity contribution in [3.63, 3.8) is 0 Å². The van der Waals surface area contributed by atoms with Gasteiger partial charge in [0.05, 0.1) is 23.3 Å². The van der Waals surface area contributed by atoms with Gasteiger partial charge in [0.15, 0.2) is 0 Å². The molecule has 2 heterocycles. The number of rotatable bonds is 6. The van der Waals surface area contributed by atoms with Gasteiger partial charge in [-0.05, 0) is 36.8 Å². The molecule has 28 heavy (non-hydrogen) atoms. The van der Waals surface area contributed by atoms with E-state index in [2.05, 4.69) is 25.5 Å². The lowest BCUT2D eigenvalue weighted by Crippen LogP contribution is -2.23. The molecule has 0 spiro atoms. The Kier molecular flexibility index (Phi) is 4.76. The minimum atomic E-state index is -0.372. The molecule has 7 nitrogen and oxygen atoms in total. The minimum Gasteiger partial charge on any atom is -0.487 e. The first kappa shape index (κ1) is 17.7. The highest BCUT2D eigenvalue weighted by Gasteiger charge is 2.12. The van der Waals surface area contributed by atoms with Crippen LogP contribution in [0.1, 0.15) is 27.6 Å². The molecule has 1 amide bonds. The van der Waals surface area contributed by atoms with E-state index < -0.39 is 0 Å². The number of nitrogens with one attached hydrogen (secondary N) is 3. The third-order valence-corrected chi connectivity index (χ3v) is 4.23. The molecule has 0 radical (unpaired) electrons. The smallest absolute Gasteiger partial charge is 0.272 e. The molecule has 0 atom stereocenters. The molecule has 4 rings (SSSR count). The quantitative estimate of drug-likeness (QED) is 0.479. The van der Waals surface area contributed by atoms with Gasteiger partial charge in [0.25, 0.3) is 5.91 Å². The summed E-state index contributed by atoms with van der Waals surface area (Å²) in [6.07, 6.45) is 0. The van der Waals surface area contributed by atoms with Gasteiger partial charge >= 0.3 is 0 Å². The molecule has 0 saturated carbocycles. The van der Waals surface area contributed by atoms with Gasteiger partial charge in [-0.25, -0.2) is 9.37 Å². The second-order valence-electron chi connectivity index (χ2n) is 6.36. The molecule has 0 aliphatic heterocycles. The van der Waals surface area contributed by atoms with E-state index >= 15 is 0 Å². The van der Waals surface area contributed by atoms with Gasteiger partial charge in [0.2, 0.25) is 0 Å². The molecular formula is C20H18FN5O2. The lowest BCUT2D eigenvalue weighted by atomic mass is 10.2. The van der Waals surface area contributed by atoms with Crippen LogP contribution in [0.25, 0.3) is 11.0 Å². The lowest BCUT2D eigenvalue weighted by Gasteiger charge is -2.03. The monoisotopic (exact) mass is 379 g/mol. The molecule has 142 valence electrons. The number of para-hydroxylation sites is 1. The van der Waals surface area contributed by atoms with Gasteiger partial charge in [-0.3, -0.25) is 9.89 Å². The van der Waals surface area contributed by atoms with Crippen LogP contribution in [0, 0.1) is 12.7 Å². The Hall–Kier alpha value is -3.68. The molecule has 0 unspecified atom stereocenters. The summed E-state index contributed by atoms with van der Waals surface area (Å²) in [7, 11) is 0. The number of carbonyl (C=O) groups is 1. The van der Waals surface area contributed by atoms with E-state index in [0.29, 0.717) is 17.3 Å². The Morgan fingerprint density at radius 1 is 1.21 bits per heavy atom. The highest BCUT2D eigenvalue weighted by atomic mass is 19.1. The molecule has 0 aliphatic carbocycles. The Morgan fingerprint density at radius 3 is 2.89 bits per heavy atom. The van der Waals surface area contributed by atoms with Crippen molar-refractivity contribution >= 4 is 16.9 Å². The minimum absolute atomic E-state index is 0.145. The molecule has 3 N–H and O–H groups in total. The van der Waals surface area contributed by atoms with Crippen LogP contribution in [0.2, 0.25) is 0 Å². The largest absolute Gasteiger partial charge is 0.487 e. The van der Waals surface area contributed by atoms with Crippen molar-refractivity contribution in [3.05, 3.63) is 77.1 Å². The van der Waals surface area contributed by atoms with Crippen LogP contribution in [0.15, 0.2) is 48.5 Å². The van der Waals surface area contributed by atoms with Crippen LogP contribution in [0.3, 0.4) is 0 Å². The first-order valence-corrected chi connectivity index (χ1v) is 8.73. The molecular weight excluding hydrogens is 361 g/mol. The summed E-state index contributed by atoms with van der Waals surface area (Å²) in [4.78, 5) is 20.0.